The molecule has 0 unspecified atom stereocenters. The average Bonchev–Trinajstić information content (AvgIpc) is 3.43. The lowest BCUT2D eigenvalue weighted by atomic mass is 9.77. The molecule has 2 aromatic rings. The number of alkyl halides is 3. The third-order valence-corrected chi connectivity index (χ3v) is 5.68. The predicted octanol–water partition coefficient (Wildman–Crippen LogP) is 3.07. The summed E-state index contributed by atoms with van der Waals surface area (Å²) in [6.07, 6.45) is 2.34. The number of aliphatic carboxylic acids is 1. The number of pyridine rings is 1. The lowest BCUT2D eigenvalue weighted by Gasteiger charge is -2.43. The number of halogens is 3. The van der Waals surface area contributed by atoms with E-state index in [0.29, 0.717) is 31.9 Å². The number of hydrogen-bond donors (Lipinski definition) is 1. The van der Waals surface area contributed by atoms with E-state index in [1.807, 2.05) is 29.2 Å². The molecule has 0 saturated carbocycles. The molecule has 2 aromatic heterocycles. The number of likely N-dealkylation sites (tertiary alicyclic amines) is 1. The van der Waals surface area contributed by atoms with Crippen LogP contribution in [0.2, 0.25) is 0 Å². The largest absolute Gasteiger partial charge is 0.490 e. The van der Waals surface area contributed by atoms with Crippen molar-refractivity contribution in [1.29, 1.82) is 0 Å². The summed E-state index contributed by atoms with van der Waals surface area (Å²) in [5.41, 5.74) is 0.998. The van der Waals surface area contributed by atoms with Crippen molar-refractivity contribution in [2.24, 2.45) is 5.41 Å². The highest BCUT2D eigenvalue weighted by molar-refractivity contribution is 5.78. The van der Waals surface area contributed by atoms with Crippen LogP contribution < -0.4 is 0 Å². The smallest absolute Gasteiger partial charge is 0.475 e. The molecule has 4 heterocycles. The number of furan rings is 1. The number of carbonyl (C=O) groups excluding carboxylic acids is 1. The van der Waals surface area contributed by atoms with E-state index >= 15 is 0 Å². The minimum Gasteiger partial charge on any atom is -0.475 e. The highest BCUT2D eigenvalue weighted by Crippen LogP contribution is 2.41. The van der Waals surface area contributed by atoms with Gasteiger partial charge in [-0.25, -0.2) is 4.79 Å². The zero-order valence-electron chi connectivity index (χ0n) is 17.8. The van der Waals surface area contributed by atoms with Gasteiger partial charge in [0.2, 0.25) is 5.91 Å². The van der Waals surface area contributed by atoms with Crippen LogP contribution in [0.4, 0.5) is 13.2 Å². The van der Waals surface area contributed by atoms with Gasteiger partial charge >= 0.3 is 12.1 Å². The Bertz CT molecular complexity index is 907. The van der Waals surface area contributed by atoms with E-state index in [1.165, 1.54) is 0 Å². The Morgan fingerprint density at radius 2 is 2.00 bits per heavy atom. The van der Waals surface area contributed by atoms with Crippen LogP contribution in [-0.2, 0) is 32.1 Å². The standard InChI is InChI=1S/C20H24N2O4.C2HF3O2/c23-19(12-17-2-1-10-25-17)22-9-5-18-20(14-22,6-11-26-18)15-24-13-16-3-7-21-8-4-16;3-2(4,5)1(6)7/h1-4,7-8,10,18H,5-6,9,11-15H2;(H,6,7)/t18-,20+;/m1./s1. The molecule has 2 atom stereocenters. The minimum atomic E-state index is -5.08. The monoisotopic (exact) mass is 470 g/mol. The quantitative estimate of drug-likeness (QED) is 0.692. The molecule has 180 valence electrons. The molecule has 0 spiro atoms. The van der Waals surface area contributed by atoms with Crippen molar-refractivity contribution in [2.75, 3.05) is 26.3 Å². The van der Waals surface area contributed by atoms with Crippen molar-refractivity contribution in [3.63, 3.8) is 0 Å². The lowest BCUT2D eigenvalue weighted by Crippen LogP contribution is -2.53. The second-order valence-corrected chi connectivity index (χ2v) is 7.98. The SMILES string of the molecule is O=C(Cc1ccco1)N1CC[C@H]2OCC[C@@]2(COCc2ccncc2)C1.O=C(O)C(F)(F)F. The van der Waals surface area contributed by atoms with Gasteiger partial charge in [-0.15, -0.1) is 0 Å². The highest BCUT2D eigenvalue weighted by Gasteiger charge is 2.49. The van der Waals surface area contributed by atoms with Gasteiger partial charge in [-0.3, -0.25) is 9.78 Å². The minimum absolute atomic E-state index is 0.107. The Kier molecular flexibility index (Phi) is 8.09. The first kappa shape index (κ1) is 24.7. The summed E-state index contributed by atoms with van der Waals surface area (Å²) in [6, 6.07) is 7.58. The van der Waals surface area contributed by atoms with Gasteiger partial charge in [-0.05, 0) is 42.7 Å². The molecule has 11 heteroatoms. The molecule has 1 amide bonds. The molecule has 8 nitrogen and oxygen atoms in total. The fourth-order valence-corrected chi connectivity index (χ4v) is 3.99. The van der Waals surface area contributed by atoms with Gasteiger partial charge in [0, 0.05) is 37.5 Å². The van der Waals surface area contributed by atoms with Crippen LogP contribution in [0.5, 0.6) is 0 Å². The maximum Gasteiger partial charge on any atom is 0.490 e. The van der Waals surface area contributed by atoms with E-state index in [2.05, 4.69) is 4.98 Å². The summed E-state index contributed by atoms with van der Waals surface area (Å²) in [6.45, 7) is 3.31. The summed E-state index contributed by atoms with van der Waals surface area (Å²) in [5, 5.41) is 7.12. The molecule has 2 aliphatic heterocycles. The molecule has 1 N–H and O–H groups in total. The maximum absolute atomic E-state index is 12.7. The van der Waals surface area contributed by atoms with E-state index in [0.717, 1.165) is 31.6 Å². The summed E-state index contributed by atoms with van der Waals surface area (Å²) in [4.78, 5) is 27.5. The summed E-state index contributed by atoms with van der Waals surface area (Å²) >= 11 is 0. The van der Waals surface area contributed by atoms with Gasteiger partial charge in [0.15, 0.2) is 0 Å². The molecule has 0 aliphatic carbocycles. The maximum atomic E-state index is 12.7. The number of carboxylic acid groups (broad SMARTS) is 1. The van der Waals surface area contributed by atoms with Crippen molar-refractivity contribution < 1.29 is 41.8 Å². The van der Waals surface area contributed by atoms with Crippen LogP contribution >= 0.6 is 0 Å². The molecular formula is C22H25F3N2O6. The first-order chi connectivity index (χ1) is 15.7. The number of rotatable bonds is 6. The van der Waals surface area contributed by atoms with Crippen LogP contribution in [-0.4, -0.2) is 65.5 Å². The van der Waals surface area contributed by atoms with E-state index in [-0.39, 0.29) is 17.4 Å². The Morgan fingerprint density at radius 1 is 1.27 bits per heavy atom. The molecule has 4 rings (SSSR count). The first-order valence-corrected chi connectivity index (χ1v) is 10.4. The van der Waals surface area contributed by atoms with Crippen LogP contribution in [0.3, 0.4) is 0 Å². The van der Waals surface area contributed by atoms with Crippen molar-refractivity contribution in [3.8, 4) is 0 Å². The Hall–Kier alpha value is -2.92. The van der Waals surface area contributed by atoms with E-state index in [1.54, 1.807) is 18.7 Å². The third kappa shape index (κ3) is 6.78. The van der Waals surface area contributed by atoms with Crippen LogP contribution in [0, 0.1) is 5.41 Å². The van der Waals surface area contributed by atoms with Gasteiger partial charge in [-0.1, -0.05) is 0 Å². The molecule has 2 saturated heterocycles. The number of fused-ring (bicyclic) bond motifs is 1. The van der Waals surface area contributed by atoms with E-state index in [4.69, 9.17) is 23.8 Å². The molecule has 2 aliphatic rings. The number of amides is 1. The van der Waals surface area contributed by atoms with Gasteiger partial charge in [0.25, 0.3) is 0 Å². The van der Waals surface area contributed by atoms with Gasteiger partial charge < -0.3 is 23.9 Å². The third-order valence-electron chi connectivity index (χ3n) is 5.68. The lowest BCUT2D eigenvalue weighted by molar-refractivity contribution is -0.192. The molecule has 0 radical (unpaired) electrons. The number of carboxylic acids is 1. The van der Waals surface area contributed by atoms with Crippen molar-refractivity contribution in [2.45, 2.75) is 38.1 Å². The van der Waals surface area contributed by atoms with E-state index in [9.17, 15) is 18.0 Å². The van der Waals surface area contributed by atoms with Crippen molar-refractivity contribution >= 4 is 11.9 Å². The molecule has 0 aromatic carbocycles. The first-order valence-electron chi connectivity index (χ1n) is 10.4. The van der Waals surface area contributed by atoms with Gasteiger partial charge in [0.1, 0.15) is 5.76 Å². The summed E-state index contributed by atoms with van der Waals surface area (Å²) in [7, 11) is 0. The number of nitrogens with zero attached hydrogens (tertiary/aromatic N) is 2. The summed E-state index contributed by atoms with van der Waals surface area (Å²) < 4.78 is 49.0. The van der Waals surface area contributed by atoms with Crippen LogP contribution in [0.25, 0.3) is 0 Å². The van der Waals surface area contributed by atoms with Crippen molar-refractivity contribution in [3.05, 3.63) is 54.2 Å². The number of carbonyl (C=O) groups is 2. The van der Waals surface area contributed by atoms with Crippen LogP contribution in [0.1, 0.15) is 24.2 Å². The second-order valence-electron chi connectivity index (χ2n) is 7.98. The van der Waals surface area contributed by atoms with Crippen molar-refractivity contribution in [1.82, 2.24) is 9.88 Å². The Morgan fingerprint density at radius 3 is 2.64 bits per heavy atom. The predicted molar refractivity (Wildman–Crippen MR) is 108 cm³/mol. The fourth-order valence-electron chi connectivity index (χ4n) is 3.99. The fraction of sp³-hybridized carbons (Fsp3) is 0.500. The second kappa shape index (κ2) is 10.8. The normalized spacial score (nSPS) is 22.3. The average molecular weight is 470 g/mol. The summed E-state index contributed by atoms with van der Waals surface area (Å²) in [5.74, 6) is -1.94. The zero-order valence-corrected chi connectivity index (χ0v) is 17.8. The topological polar surface area (TPSA) is 102 Å². The molecule has 33 heavy (non-hydrogen) atoms. The molecule has 0 bridgehead atoms. The van der Waals surface area contributed by atoms with Gasteiger partial charge in [-0.2, -0.15) is 13.2 Å². The Labute approximate surface area is 188 Å². The highest BCUT2D eigenvalue weighted by atomic mass is 19.4. The van der Waals surface area contributed by atoms with Gasteiger partial charge in [0.05, 0.1) is 32.0 Å². The molecule has 2 fully saturated rings. The van der Waals surface area contributed by atoms with E-state index < -0.39 is 12.1 Å². The molecular weight excluding hydrogens is 445 g/mol. The number of ether oxygens (including phenoxy) is 2. The Balaban J connectivity index is 0.000000383. The number of aromatic nitrogens is 1. The number of piperidine rings is 1. The zero-order chi connectivity index (χ0) is 23.9. The number of hydrogen-bond acceptors (Lipinski definition) is 6. The van der Waals surface area contributed by atoms with Crippen LogP contribution in [0.15, 0.2) is 47.3 Å².